The van der Waals surface area contributed by atoms with Crippen LogP contribution in [0.1, 0.15) is 18.4 Å². The summed E-state index contributed by atoms with van der Waals surface area (Å²) in [5.74, 6) is 1.16. The maximum absolute atomic E-state index is 5.25. The molecule has 0 unspecified atom stereocenters. The SMILES string of the molecule is CCn1nccc1CNc1ccccc1-c1nc(C)no1. The fraction of sp³-hybridized carbons (Fsp3) is 0.267. The third-order valence-electron chi connectivity index (χ3n) is 3.25. The van der Waals surface area contributed by atoms with Crippen LogP contribution in [0.15, 0.2) is 41.1 Å². The molecular weight excluding hydrogens is 266 g/mol. The second-order valence-electron chi connectivity index (χ2n) is 4.68. The van der Waals surface area contributed by atoms with E-state index in [4.69, 9.17) is 4.52 Å². The second kappa shape index (κ2) is 5.78. The number of benzene rings is 1. The average molecular weight is 283 g/mol. The zero-order valence-electron chi connectivity index (χ0n) is 12.1. The van der Waals surface area contributed by atoms with E-state index < -0.39 is 0 Å². The van der Waals surface area contributed by atoms with Crippen LogP contribution in [0.2, 0.25) is 0 Å². The van der Waals surface area contributed by atoms with E-state index in [1.807, 2.05) is 48.1 Å². The summed E-state index contributed by atoms with van der Waals surface area (Å²) in [6.07, 6.45) is 1.81. The zero-order chi connectivity index (χ0) is 14.7. The molecule has 1 N–H and O–H groups in total. The monoisotopic (exact) mass is 283 g/mol. The number of hydrogen-bond donors (Lipinski definition) is 1. The summed E-state index contributed by atoms with van der Waals surface area (Å²) < 4.78 is 7.22. The Hall–Kier alpha value is -2.63. The van der Waals surface area contributed by atoms with Crippen LogP contribution in [0.25, 0.3) is 11.5 Å². The molecule has 0 fully saturated rings. The van der Waals surface area contributed by atoms with Gasteiger partial charge in [0.2, 0.25) is 0 Å². The predicted octanol–water partition coefficient (Wildman–Crippen LogP) is 2.87. The highest BCUT2D eigenvalue weighted by Crippen LogP contribution is 2.26. The molecule has 6 heteroatoms. The first-order valence-corrected chi connectivity index (χ1v) is 6.92. The Morgan fingerprint density at radius 1 is 1.24 bits per heavy atom. The van der Waals surface area contributed by atoms with Gasteiger partial charge in [-0.25, -0.2) is 0 Å². The van der Waals surface area contributed by atoms with Gasteiger partial charge in [-0.05, 0) is 32.0 Å². The van der Waals surface area contributed by atoms with Gasteiger partial charge in [-0.15, -0.1) is 0 Å². The minimum atomic E-state index is 0.527. The van der Waals surface area contributed by atoms with Gasteiger partial charge in [-0.2, -0.15) is 10.1 Å². The number of anilines is 1. The quantitative estimate of drug-likeness (QED) is 0.779. The summed E-state index contributed by atoms with van der Waals surface area (Å²) in [5.41, 5.74) is 3.00. The fourth-order valence-electron chi connectivity index (χ4n) is 2.21. The molecule has 6 nitrogen and oxygen atoms in total. The van der Waals surface area contributed by atoms with Crippen LogP contribution in [0.4, 0.5) is 5.69 Å². The molecule has 2 aromatic heterocycles. The number of rotatable bonds is 5. The highest BCUT2D eigenvalue weighted by Gasteiger charge is 2.11. The van der Waals surface area contributed by atoms with Crippen LogP contribution in [-0.4, -0.2) is 19.9 Å². The normalized spacial score (nSPS) is 10.8. The Morgan fingerprint density at radius 3 is 2.86 bits per heavy atom. The van der Waals surface area contributed by atoms with Crippen LogP contribution < -0.4 is 5.32 Å². The number of nitrogens with zero attached hydrogens (tertiary/aromatic N) is 4. The Kier molecular flexibility index (Phi) is 3.68. The largest absolute Gasteiger partial charge is 0.379 e. The van der Waals surface area contributed by atoms with Gasteiger partial charge in [0.25, 0.3) is 5.89 Å². The van der Waals surface area contributed by atoms with Crippen molar-refractivity contribution < 1.29 is 4.52 Å². The van der Waals surface area contributed by atoms with Crippen molar-refractivity contribution in [3.8, 4) is 11.5 Å². The van der Waals surface area contributed by atoms with Crippen LogP contribution >= 0.6 is 0 Å². The maximum Gasteiger partial charge on any atom is 0.260 e. The Bertz CT molecular complexity index is 731. The van der Waals surface area contributed by atoms with Gasteiger partial charge in [0, 0.05) is 18.4 Å². The van der Waals surface area contributed by atoms with Crippen molar-refractivity contribution in [3.63, 3.8) is 0 Å². The average Bonchev–Trinajstić information content (AvgIpc) is 3.13. The number of aromatic nitrogens is 4. The van der Waals surface area contributed by atoms with E-state index in [1.54, 1.807) is 0 Å². The first kappa shape index (κ1) is 13.4. The molecule has 21 heavy (non-hydrogen) atoms. The zero-order valence-corrected chi connectivity index (χ0v) is 12.1. The Morgan fingerprint density at radius 2 is 2.10 bits per heavy atom. The molecule has 108 valence electrons. The van der Waals surface area contributed by atoms with Gasteiger partial charge in [-0.1, -0.05) is 17.3 Å². The summed E-state index contributed by atoms with van der Waals surface area (Å²) in [6.45, 7) is 5.43. The van der Waals surface area contributed by atoms with E-state index in [2.05, 4.69) is 27.5 Å². The number of hydrogen-bond acceptors (Lipinski definition) is 5. The lowest BCUT2D eigenvalue weighted by Gasteiger charge is -2.10. The summed E-state index contributed by atoms with van der Waals surface area (Å²) in [5, 5.41) is 11.5. The van der Waals surface area contributed by atoms with Gasteiger partial charge in [-0.3, -0.25) is 4.68 Å². The molecule has 0 spiro atoms. The summed E-state index contributed by atoms with van der Waals surface area (Å²) >= 11 is 0. The van der Waals surface area contributed by atoms with Crippen LogP contribution in [0, 0.1) is 6.92 Å². The lowest BCUT2D eigenvalue weighted by molar-refractivity contribution is 0.426. The molecule has 0 aliphatic heterocycles. The van der Waals surface area contributed by atoms with Crippen molar-refractivity contribution in [2.75, 3.05) is 5.32 Å². The molecular formula is C15H17N5O. The van der Waals surface area contributed by atoms with E-state index in [0.717, 1.165) is 23.5 Å². The number of para-hydroxylation sites is 1. The standard InChI is InChI=1S/C15H17N5O/c1-3-20-12(8-9-17-20)10-16-14-7-5-4-6-13(14)15-18-11(2)19-21-15/h4-9,16H,3,10H2,1-2H3. The Labute approximate surface area is 122 Å². The molecule has 3 rings (SSSR count). The van der Waals surface area contributed by atoms with Gasteiger partial charge in [0.05, 0.1) is 17.8 Å². The fourth-order valence-corrected chi connectivity index (χ4v) is 2.21. The molecule has 3 aromatic rings. The maximum atomic E-state index is 5.25. The molecule has 0 aliphatic rings. The molecule has 1 aromatic carbocycles. The van der Waals surface area contributed by atoms with Crippen molar-refractivity contribution >= 4 is 5.69 Å². The highest BCUT2D eigenvalue weighted by atomic mass is 16.5. The van der Waals surface area contributed by atoms with Crippen molar-refractivity contribution in [1.29, 1.82) is 0 Å². The lowest BCUT2D eigenvalue weighted by atomic mass is 10.1. The molecule has 0 radical (unpaired) electrons. The summed E-state index contributed by atoms with van der Waals surface area (Å²) in [4.78, 5) is 4.28. The third-order valence-corrected chi connectivity index (χ3v) is 3.25. The third kappa shape index (κ3) is 2.79. The van der Waals surface area contributed by atoms with E-state index in [-0.39, 0.29) is 0 Å². The lowest BCUT2D eigenvalue weighted by Crippen LogP contribution is -2.08. The molecule has 0 bridgehead atoms. The number of nitrogens with one attached hydrogen (secondary N) is 1. The van der Waals surface area contributed by atoms with Crippen molar-refractivity contribution in [2.24, 2.45) is 0 Å². The second-order valence-corrected chi connectivity index (χ2v) is 4.68. The molecule has 0 saturated carbocycles. The van der Waals surface area contributed by atoms with E-state index in [1.165, 1.54) is 0 Å². The van der Waals surface area contributed by atoms with E-state index in [0.29, 0.717) is 18.3 Å². The first-order valence-electron chi connectivity index (χ1n) is 6.92. The minimum Gasteiger partial charge on any atom is -0.379 e. The van der Waals surface area contributed by atoms with E-state index >= 15 is 0 Å². The first-order chi connectivity index (χ1) is 10.3. The molecule has 2 heterocycles. The van der Waals surface area contributed by atoms with Crippen molar-refractivity contribution in [3.05, 3.63) is 48.0 Å². The predicted molar refractivity (Wildman–Crippen MR) is 79.7 cm³/mol. The van der Waals surface area contributed by atoms with Crippen molar-refractivity contribution in [1.82, 2.24) is 19.9 Å². The van der Waals surface area contributed by atoms with Gasteiger partial charge >= 0.3 is 0 Å². The van der Waals surface area contributed by atoms with Crippen LogP contribution in [0.5, 0.6) is 0 Å². The minimum absolute atomic E-state index is 0.527. The van der Waals surface area contributed by atoms with Crippen LogP contribution in [0.3, 0.4) is 0 Å². The van der Waals surface area contributed by atoms with Gasteiger partial charge in [0.1, 0.15) is 0 Å². The van der Waals surface area contributed by atoms with Gasteiger partial charge < -0.3 is 9.84 Å². The van der Waals surface area contributed by atoms with Gasteiger partial charge in [0.15, 0.2) is 5.82 Å². The smallest absolute Gasteiger partial charge is 0.260 e. The Balaban J connectivity index is 1.83. The summed E-state index contributed by atoms with van der Waals surface area (Å²) in [6, 6.07) is 9.91. The van der Waals surface area contributed by atoms with Crippen molar-refractivity contribution in [2.45, 2.75) is 26.9 Å². The topological polar surface area (TPSA) is 68.8 Å². The number of aryl methyl sites for hydroxylation is 2. The molecule has 0 saturated heterocycles. The van der Waals surface area contributed by atoms with Crippen LogP contribution in [-0.2, 0) is 13.1 Å². The molecule has 0 amide bonds. The molecule has 0 atom stereocenters. The highest BCUT2D eigenvalue weighted by molar-refractivity contribution is 5.72. The summed E-state index contributed by atoms with van der Waals surface area (Å²) in [7, 11) is 0. The van der Waals surface area contributed by atoms with E-state index in [9.17, 15) is 0 Å². The molecule has 0 aliphatic carbocycles.